The van der Waals surface area contributed by atoms with E-state index in [0.717, 1.165) is 11.0 Å². The fraction of sp³-hybridized carbons (Fsp3) is 0.125. The van der Waals surface area contributed by atoms with Crippen molar-refractivity contribution in [2.75, 3.05) is 6.54 Å². The molecule has 1 aliphatic rings. The lowest BCUT2D eigenvalue weighted by molar-refractivity contribution is 0.664. The van der Waals surface area contributed by atoms with Gasteiger partial charge in [0.1, 0.15) is 0 Å². The Morgan fingerprint density at radius 2 is 1.50 bits per heavy atom. The predicted molar refractivity (Wildman–Crippen MR) is 79.8 cm³/mol. The molecular weight excluding hydrogens is 286 g/mol. The van der Waals surface area contributed by atoms with Crippen LogP contribution in [0.25, 0.3) is 11.1 Å². The highest BCUT2D eigenvalue weighted by Crippen LogP contribution is 2.42. The van der Waals surface area contributed by atoms with Crippen molar-refractivity contribution in [3.05, 3.63) is 70.7 Å². The molecular formula is C16H14BrN. The molecule has 0 aliphatic heterocycles. The molecule has 90 valence electrons. The van der Waals surface area contributed by atoms with E-state index in [4.69, 9.17) is 0 Å². The molecule has 0 heterocycles. The van der Waals surface area contributed by atoms with Crippen LogP contribution in [0.1, 0.15) is 17.2 Å². The van der Waals surface area contributed by atoms with Crippen molar-refractivity contribution in [1.29, 1.82) is 0 Å². The first kappa shape index (κ1) is 11.7. The van der Waals surface area contributed by atoms with Gasteiger partial charge in [-0.25, -0.2) is 0 Å². The zero-order valence-corrected chi connectivity index (χ0v) is 11.6. The second-order valence-electron chi connectivity index (χ2n) is 4.51. The average molecular weight is 300 g/mol. The first-order valence-electron chi connectivity index (χ1n) is 6.02. The molecule has 0 unspecified atom stereocenters. The number of benzene rings is 2. The first-order chi connectivity index (χ1) is 8.77. The molecule has 1 N–H and O–H groups in total. The largest absolute Gasteiger partial charge is 0.302 e. The van der Waals surface area contributed by atoms with E-state index in [-0.39, 0.29) is 6.04 Å². The van der Waals surface area contributed by atoms with Gasteiger partial charge in [0.15, 0.2) is 0 Å². The van der Waals surface area contributed by atoms with E-state index in [1.807, 2.05) is 0 Å². The lowest BCUT2D eigenvalue weighted by atomic mass is 10.1. The molecule has 0 aromatic heterocycles. The molecule has 2 heteroatoms. The van der Waals surface area contributed by atoms with E-state index < -0.39 is 0 Å². The smallest absolute Gasteiger partial charge is 0.0591 e. The Balaban J connectivity index is 2.06. The summed E-state index contributed by atoms with van der Waals surface area (Å²) in [6.45, 7) is 4.65. The summed E-state index contributed by atoms with van der Waals surface area (Å²) in [6.07, 6.45) is 0. The van der Waals surface area contributed by atoms with Crippen molar-refractivity contribution in [2.24, 2.45) is 0 Å². The van der Waals surface area contributed by atoms with E-state index in [0.29, 0.717) is 0 Å². The third kappa shape index (κ3) is 1.92. The minimum Gasteiger partial charge on any atom is -0.302 e. The maximum atomic E-state index is 3.88. The minimum atomic E-state index is 0.270. The number of nitrogens with one attached hydrogen (secondary N) is 1. The molecule has 0 spiro atoms. The zero-order valence-electron chi connectivity index (χ0n) is 9.99. The third-order valence-corrected chi connectivity index (χ3v) is 3.61. The van der Waals surface area contributed by atoms with Gasteiger partial charge in [0, 0.05) is 11.0 Å². The van der Waals surface area contributed by atoms with Gasteiger partial charge in [0.25, 0.3) is 0 Å². The molecule has 2 aromatic carbocycles. The Hall–Kier alpha value is -1.38. The van der Waals surface area contributed by atoms with Gasteiger partial charge in [-0.1, -0.05) is 71.0 Å². The molecule has 0 fully saturated rings. The molecule has 1 nitrogen and oxygen atoms in total. The van der Waals surface area contributed by atoms with Crippen LogP contribution in [0.4, 0.5) is 0 Å². The summed E-state index contributed by atoms with van der Waals surface area (Å²) < 4.78 is 0.976. The summed E-state index contributed by atoms with van der Waals surface area (Å²) in [5, 5.41) is 3.55. The maximum absolute atomic E-state index is 3.88. The first-order valence-corrected chi connectivity index (χ1v) is 6.81. The summed E-state index contributed by atoms with van der Waals surface area (Å²) >= 11 is 3.40. The van der Waals surface area contributed by atoms with Crippen LogP contribution in [0.5, 0.6) is 0 Å². The molecule has 0 saturated carbocycles. The lowest BCUT2D eigenvalue weighted by Crippen LogP contribution is -2.21. The van der Waals surface area contributed by atoms with Crippen LogP contribution >= 0.6 is 15.9 Å². The van der Waals surface area contributed by atoms with Gasteiger partial charge in [0.2, 0.25) is 0 Å². The fourth-order valence-electron chi connectivity index (χ4n) is 2.59. The highest BCUT2D eigenvalue weighted by molar-refractivity contribution is 9.11. The predicted octanol–water partition coefficient (Wildman–Crippen LogP) is 4.25. The fourth-order valence-corrected chi connectivity index (χ4v) is 2.75. The summed E-state index contributed by atoms with van der Waals surface area (Å²) in [7, 11) is 0. The molecule has 2 aromatic rings. The molecule has 0 bridgehead atoms. The van der Waals surface area contributed by atoms with E-state index >= 15 is 0 Å². The van der Waals surface area contributed by atoms with Crippen molar-refractivity contribution >= 4 is 15.9 Å². The molecule has 0 saturated heterocycles. The standard InChI is InChI=1S/C16H14BrN/c1-11(17)10-18-16-14-8-4-2-6-12(14)13-7-3-5-9-15(13)16/h2-9,16,18H,1,10H2. The highest BCUT2D eigenvalue weighted by atomic mass is 79.9. The van der Waals surface area contributed by atoms with E-state index in [1.165, 1.54) is 22.3 Å². The molecule has 0 radical (unpaired) electrons. The maximum Gasteiger partial charge on any atom is 0.0591 e. The third-order valence-electron chi connectivity index (χ3n) is 3.33. The van der Waals surface area contributed by atoms with Crippen molar-refractivity contribution in [2.45, 2.75) is 6.04 Å². The Kier molecular flexibility index (Phi) is 3.06. The number of hydrogen-bond acceptors (Lipinski definition) is 1. The van der Waals surface area contributed by atoms with E-state index in [9.17, 15) is 0 Å². The van der Waals surface area contributed by atoms with Crippen LogP contribution in [0.2, 0.25) is 0 Å². The van der Waals surface area contributed by atoms with Gasteiger partial charge in [-0.2, -0.15) is 0 Å². The molecule has 0 amide bonds. The summed E-state index contributed by atoms with van der Waals surface area (Å²) in [5.74, 6) is 0. The van der Waals surface area contributed by atoms with Crippen molar-refractivity contribution in [3.63, 3.8) is 0 Å². The Morgan fingerprint density at radius 3 is 2.00 bits per heavy atom. The summed E-state index contributed by atoms with van der Waals surface area (Å²) in [4.78, 5) is 0. The van der Waals surface area contributed by atoms with Crippen LogP contribution in [0, 0.1) is 0 Å². The number of rotatable bonds is 3. The highest BCUT2D eigenvalue weighted by Gasteiger charge is 2.27. The lowest BCUT2D eigenvalue weighted by Gasteiger charge is -2.15. The minimum absolute atomic E-state index is 0.270. The molecule has 3 rings (SSSR count). The van der Waals surface area contributed by atoms with Crippen LogP contribution in [0.3, 0.4) is 0 Å². The monoisotopic (exact) mass is 299 g/mol. The van der Waals surface area contributed by atoms with E-state index in [1.54, 1.807) is 0 Å². The molecule has 18 heavy (non-hydrogen) atoms. The second kappa shape index (κ2) is 4.71. The van der Waals surface area contributed by atoms with Crippen LogP contribution in [-0.2, 0) is 0 Å². The van der Waals surface area contributed by atoms with Gasteiger partial charge in [-0.3, -0.25) is 0 Å². The van der Waals surface area contributed by atoms with Crippen LogP contribution in [-0.4, -0.2) is 6.54 Å². The number of hydrogen-bond donors (Lipinski definition) is 1. The summed E-state index contributed by atoms with van der Waals surface area (Å²) in [5.41, 5.74) is 5.39. The Morgan fingerprint density at radius 1 is 1.00 bits per heavy atom. The number of fused-ring (bicyclic) bond motifs is 3. The van der Waals surface area contributed by atoms with Gasteiger partial charge in [0.05, 0.1) is 6.04 Å². The van der Waals surface area contributed by atoms with Crippen molar-refractivity contribution in [1.82, 2.24) is 5.32 Å². The number of halogens is 1. The molecule has 1 aliphatic carbocycles. The Labute approximate surface area is 116 Å². The van der Waals surface area contributed by atoms with Crippen LogP contribution < -0.4 is 5.32 Å². The molecule has 0 atom stereocenters. The van der Waals surface area contributed by atoms with Crippen molar-refractivity contribution < 1.29 is 0 Å². The quantitative estimate of drug-likeness (QED) is 0.893. The topological polar surface area (TPSA) is 12.0 Å². The SMILES string of the molecule is C=C(Br)CNC1c2ccccc2-c2ccccc21. The summed E-state index contributed by atoms with van der Waals surface area (Å²) in [6, 6.07) is 17.4. The van der Waals surface area contributed by atoms with Crippen LogP contribution in [0.15, 0.2) is 59.6 Å². The van der Waals surface area contributed by atoms with Crippen molar-refractivity contribution in [3.8, 4) is 11.1 Å². The normalized spacial score (nSPS) is 13.2. The van der Waals surface area contributed by atoms with E-state index in [2.05, 4.69) is 76.4 Å². The van der Waals surface area contributed by atoms with Gasteiger partial charge in [-0.15, -0.1) is 0 Å². The second-order valence-corrected chi connectivity index (χ2v) is 5.63. The van der Waals surface area contributed by atoms with Gasteiger partial charge < -0.3 is 5.32 Å². The van der Waals surface area contributed by atoms with Gasteiger partial charge in [-0.05, 0) is 22.3 Å². The average Bonchev–Trinajstić information content (AvgIpc) is 2.71. The Bertz CT molecular complexity index is 558. The van der Waals surface area contributed by atoms with Gasteiger partial charge >= 0.3 is 0 Å². The zero-order chi connectivity index (χ0) is 12.5.